The number of carbonyl (C=O) groups excluding carboxylic acids is 2. The van der Waals surface area contributed by atoms with Crippen LogP contribution < -0.4 is 15.2 Å². The van der Waals surface area contributed by atoms with Gasteiger partial charge in [0.2, 0.25) is 22.7 Å². The zero-order chi connectivity index (χ0) is 22.2. The van der Waals surface area contributed by atoms with E-state index in [0.29, 0.717) is 11.5 Å². The van der Waals surface area contributed by atoms with Crippen LogP contribution in [-0.4, -0.2) is 61.5 Å². The molecule has 2 heterocycles. The number of benzene rings is 2. The van der Waals surface area contributed by atoms with Gasteiger partial charge >= 0.3 is 5.91 Å². The van der Waals surface area contributed by atoms with Crippen LogP contribution in [-0.2, 0) is 26.2 Å². The number of carbonyl (C=O) groups is 2. The quantitative estimate of drug-likeness (QED) is 0.681. The van der Waals surface area contributed by atoms with Crippen molar-refractivity contribution in [3.63, 3.8) is 0 Å². The number of rotatable bonds is 5. The number of sulfonamides is 1. The maximum atomic E-state index is 13.2. The lowest BCUT2D eigenvalue weighted by atomic mass is 10.1. The molecular formula is C21H24N3O6S+. The Balaban J connectivity index is 1.65. The summed E-state index contributed by atoms with van der Waals surface area (Å²) < 4.78 is 38.1. The van der Waals surface area contributed by atoms with Gasteiger partial charge in [0.05, 0.1) is 24.9 Å². The Kier molecular flexibility index (Phi) is 5.46. The second-order valence-corrected chi connectivity index (χ2v) is 9.65. The summed E-state index contributed by atoms with van der Waals surface area (Å²) in [6.45, 7) is 2.06. The Morgan fingerprint density at radius 1 is 1.13 bits per heavy atom. The molecule has 9 nitrogen and oxygen atoms in total. The molecule has 0 radical (unpaired) electrons. The molecule has 4 rings (SSSR count). The third-order valence-electron chi connectivity index (χ3n) is 5.89. The van der Waals surface area contributed by atoms with Gasteiger partial charge in [0.15, 0.2) is 17.5 Å². The third-order valence-corrected chi connectivity index (χ3v) is 7.81. The van der Waals surface area contributed by atoms with E-state index in [4.69, 9.17) is 15.2 Å². The van der Waals surface area contributed by atoms with Crippen molar-refractivity contribution in [3.8, 4) is 11.5 Å². The topological polar surface area (TPSA) is 116 Å². The molecule has 0 saturated carbocycles. The molecule has 2 atom stereocenters. The lowest BCUT2D eigenvalue weighted by molar-refractivity contribution is -0.873. The lowest BCUT2D eigenvalue weighted by Crippen LogP contribution is -2.68. The molecular weight excluding hydrogens is 422 g/mol. The van der Waals surface area contributed by atoms with Crippen molar-refractivity contribution in [1.82, 2.24) is 4.31 Å². The Labute approximate surface area is 180 Å². The highest BCUT2D eigenvalue weighted by molar-refractivity contribution is 7.89. The second-order valence-electron chi connectivity index (χ2n) is 7.76. The molecule has 2 amide bonds. The van der Waals surface area contributed by atoms with Gasteiger partial charge in [-0.15, -0.1) is 0 Å². The smallest absolute Gasteiger partial charge is 0.310 e. The highest BCUT2D eigenvalue weighted by Crippen LogP contribution is 2.34. The zero-order valence-electron chi connectivity index (χ0n) is 17.1. The van der Waals surface area contributed by atoms with Crippen molar-refractivity contribution in [2.45, 2.75) is 24.4 Å². The summed E-state index contributed by atoms with van der Waals surface area (Å²) in [5, 5.41) is 0. The molecule has 1 saturated heterocycles. The molecule has 2 unspecified atom stereocenters. The van der Waals surface area contributed by atoms with Crippen LogP contribution in [0.4, 0.5) is 0 Å². The van der Waals surface area contributed by atoms with Crippen LogP contribution >= 0.6 is 0 Å². The number of ether oxygens (including phenoxy) is 2. The Morgan fingerprint density at radius 2 is 1.84 bits per heavy atom. The van der Waals surface area contributed by atoms with Gasteiger partial charge in [-0.05, 0) is 30.3 Å². The second kappa shape index (κ2) is 7.95. The largest absolute Gasteiger partial charge is 0.454 e. The average Bonchev–Trinajstić information content (AvgIpc) is 3.22. The van der Waals surface area contributed by atoms with Crippen molar-refractivity contribution in [2.75, 3.05) is 26.4 Å². The van der Waals surface area contributed by atoms with Gasteiger partial charge in [-0.2, -0.15) is 4.31 Å². The molecule has 2 aromatic carbocycles. The normalized spacial score (nSPS) is 23.5. The lowest BCUT2D eigenvalue weighted by Gasteiger charge is -2.44. The van der Waals surface area contributed by atoms with Crippen molar-refractivity contribution in [3.05, 3.63) is 54.1 Å². The molecule has 0 aliphatic carbocycles. The first-order chi connectivity index (χ1) is 14.7. The van der Waals surface area contributed by atoms with Crippen LogP contribution in [0.5, 0.6) is 11.5 Å². The predicted octanol–water partition coefficient (Wildman–Crippen LogP) is 0.837. The number of nitrogens with zero attached hydrogens (tertiary/aromatic N) is 2. The number of amides is 2. The van der Waals surface area contributed by atoms with Crippen molar-refractivity contribution >= 4 is 21.8 Å². The molecule has 2 aliphatic rings. The minimum Gasteiger partial charge on any atom is -0.454 e. The van der Waals surface area contributed by atoms with E-state index in [2.05, 4.69) is 0 Å². The van der Waals surface area contributed by atoms with Crippen LogP contribution in [0.3, 0.4) is 0 Å². The molecule has 164 valence electrons. The standard InChI is InChI=1S/C21H23N3O6S/c1-15(25)24(12-16-7-8-19-20(11-16)30-14-29-19)10-9-23(18(13-24)21(22)26)31(27,28)17-5-3-2-4-6-17/h2-8,11,18H,9-10,12-14H2,1H3,(H-,22,26)/p+1. The van der Waals surface area contributed by atoms with Crippen LogP contribution in [0.15, 0.2) is 53.4 Å². The van der Waals surface area contributed by atoms with E-state index in [1.165, 1.54) is 19.1 Å². The van der Waals surface area contributed by atoms with Crippen LogP contribution in [0.2, 0.25) is 0 Å². The van der Waals surface area contributed by atoms with E-state index in [1.54, 1.807) is 30.3 Å². The van der Waals surface area contributed by atoms with Crippen molar-refractivity contribution < 1.29 is 32.0 Å². The molecule has 1 fully saturated rings. The van der Waals surface area contributed by atoms with Gasteiger partial charge in [0, 0.05) is 5.56 Å². The van der Waals surface area contributed by atoms with E-state index in [-0.39, 0.29) is 48.3 Å². The van der Waals surface area contributed by atoms with Crippen molar-refractivity contribution in [2.24, 2.45) is 5.73 Å². The van der Waals surface area contributed by atoms with E-state index in [1.807, 2.05) is 6.07 Å². The summed E-state index contributed by atoms with van der Waals surface area (Å²) in [5.41, 5.74) is 6.44. The van der Waals surface area contributed by atoms with E-state index < -0.39 is 22.0 Å². The van der Waals surface area contributed by atoms with Gasteiger partial charge in [0.1, 0.15) is 13.1 Å². The predicted molar refractivity (Wildman–Crippen MR) is 110 cm³/mol. The number of nitrogens with two attached hydrogens (primary N) is 1. The van der Waals surface area contributed by atoms with Gasteiger partial charge in [0.25, 0.3) is 0 Å². The number of fused-ring (bicyclic) bond motifs is 1. The Hall–Kier alpha value is -2.95. The third kappa shape index (κ3) is 3.89. The van der Waals surface area contributed by atoms with Crippen LogP contribution in [0.25, 0.3) is 0 Å². The number of hydrogen-bond acceptors (Lipinski definition) is 6. The minimum absolute atomic E-state index is 0.00499. The van der Waals surface area contributed by atoms with E-state index in [9.17, 15) is 18.0 Å². The molecule has 0 aromatic heterocycles. The van der Waals surface area contributed by atoms with Crippen LogP contribution in [0.1, 0.15) is 12.5 Å². The fraction of sp³-hybridized carbons (Fsp3) is 0.333. The van der Waals surface area contributed by atoms with E-state index in [0.717, 1.165) is 9.87 Å². The number of piperazine rings is 1. The summed E-state index contributed by atoms with van der Waals surface area (Å²) in [6.07, 6.45) is 0. The Morgan fingerprint density at radius 3 is 2.52 bits per heavy atom. The molecule has 2 aliphatic heterocycles. The molecule has 31 heavy (non-hydrogen) atoms. The fourth-order valence-electron chi connectivity index (χ4n) is 4.14. The van der Waals surface area contributed by atoms with Gasteiger partial charge in [-0.3, -0.25) is 9.28 Å². The molecule has 0 bridgehead atoms. The molecule has 2 aromatic rings. The molecule has 10 heteroatoms. The summed E-state index contributed by atoms with van der Waals surface area (Å²) in [5.74, 6) is 0.275. The first kappa shape index (κ1) is 21.3. The maximum Gasteiger partial charge on any atom is 0.310 e. The summed E-state index contributed by atoms with van der Waals surface area (Å²) in [6, 6.07) is 12.2. The maximum absolute atomic E-state index is 13.2. The SMILES string of the molecule is CC(=O)[N+]1(Cc2ccc3c(c2)OCO3)CCN(S(=O)(=O)c2ccccc2)C(C(N)=O)C1. The minimum atomic E-state index is -3.94. The van der Waals surface area contributed by atoms with E-state index >= 15 is 0 Å². The first-order valence-electron chi connectivity index (χ1n) is 9.85. The Bertz CT molecular complexity index is 1120. The average molecular weight is 447 g/mol. The molecule has 2 N–H and O–H groups in total. The number of primary amides is 1. The number of hydrogen-bond donors (Lipinski definition) is 1. The van der Waals surface area contributed by atoms with Gasteiger partial charge in [-0.1, -0.05) is 18.2 Å². The first-order valence-corrected chi connectivity index (χ1v) is 11.3. The highest BCUT2D eigenvalue weighted by atomic mass is 32.2. The summed E-state index contributed by atoms with van der Waals surface area (Å²) in [7, 11) is -3.94. The highest BCUT2D eigenvalue weighted by Gasteiger charge is 2.49. The number of quaternary nitrogens is 1. The monoisotopic (exact) mass is 446 g/mol. The summed E-state index contributed by atoms with van der Waals surface area (Å²) in [4.78, 5) is 25.1. The fourth-order valence-corrected chi connectivity index (χ4v) is 5.74. The van der Waals surface area contributed by atoms with Gasteiger partial charge < -0.3 is 15.2 Å². The van der Waals surface area contributed by atoms with Crippen molar-refractivity contribution in [1.29, 1.82) is 0 Å². The summed E-state index contributed by atoms with van der Waals surface area (Å²) >= 11 is 0. The van der Waals surface area contributed by atoms with Crippen LogP contribution in [0, 0.1) is 0 Å². The van der Waals surface area contributed by atoms with Gasteiger partial charge in [-0.25, -0.2) is 13.2 Å². The zero-order valence-corrected chi connectivity index (χ0v) is 17.9. The molecule has 0 spiro atoms.